The quantitative estimate of drug-likeness (QED) is 0.814. The summed E-state index contributed by atoms with van der Waals surface area (Å²) >= 11 is 5.88. The van der Waals surface area contributed by atoms with Crippen molar-refractivity contribution in [3.8, 4) is 0 Å². The van der Waals surface area contributed by atoms with Gasteiger partial charge in [-0.25, -0.2) is 4.98 Å². The van der Waals surface area contributed by atoms with Gasteiger partial charge in [-0.05, 0) is 12.3 Å². The van der Waals surface area contributed by atoms with E-state index in [9.17, 15) is 0 Å². The van der Waals surface area contributed by atoms with Crippen LogP contribution in [-0.2, 0) is 4.74 Å². The summed E-state index contributed by atoms with van der Waals surface area (Å²) < 4.78 is 5.47. The highest BCUT2D eigenvalue weighted by atomic mass is 35.5. The molecule has 0 amide bonds. The van der Waals surface area contributed by atoms with Crippen LogP contribution < -0.4 is 10.6 Å². The highest BCUT2D eigenvalue weighted by Crippen LogP contribution is 2.25. The molecule has 2 unspecified atom stereocenters. The smallest absolute Gasteiger partial charge is 0.223 e. The van der Waals surface area contributed by atoms with Crippen molar-refractivity contribution in [1.29, 1.82) is 0 Å². The Morgan fingerprint density at radius 3 is 2.94 bits per heavy atom. The molecule has 2 heterocycles. The van der Waals surface area contributed by atoms with E-state index < -0.39 is 0 Å². The van der Waals surface area contributed by atoms with E-state index >= 15 is 0 Å². The molecule has 1 aliphatic heterocycles. The van der Waals surface area contributed by atoms with Crippen molar-refractivity contribution in [2.45, 2.75) is 19.4 Å². The molecule has 6 heteroatoms. The second kappa shape index (κ2) is 5.06. The van der Waals surface area contributed by atoms with Gasteiger partial charge in [0.15, 0.2) is 0 Å². The number of nitrogens with two attached hydrogens (primary N) is 1. The molecule has 0 saturated carbocycles. The Morgan fingerprint density at radius 1 is 1.53 bits per heavy atom. The number of hydrogen-bond donors (Lipinski definition) is 1. The molecule has 2 atom stereocenters. The fraction of sp³-hybridized carbons (Fsp3) is 0.636. The minimum atomic E-state index is 0.208. The fourth-order valence-corrected chi connectivity index (χ4v) is 2.32. The standard InChI is InChI=1S/C11H17ClN4O/c1-7-3-4-16(6-8(7)17-2)10-5-9(12)14-11(13)15-10/h5,7-8H,3-4,6H2,1-2H3,(H2,13,14,15). The van der Waals surface area contributed by atoms with Crippen LogP contribution in [-0.4, -0.2) is 36.3 Å². The van der Waals surface area contributed by atoms with Gasteiger partial charge in [0.05, 0.1) is 6.10 Å². The molecule has 1 aromatic heterocycles. The lowest BCUT2D eigenvalue weighted by atomic mass is 9.96. The molecule has 0 aliphatic carbocycles. The zero-order chi connectivity index (χ0) is 12.4. The predicted octanol–water partition coefficient (Wildman–Crippen LogP) is 1.57. The molecule has 2 rings (SSSR count). The van der Waals surface area contributed by atoms with E-state index in [4.69, 9.17) is 22.1 Å². The number of hydrogen-bond acceptors (Lipinski definition) is 5. The highest BCUT2D eigenvalue weighted by Gasteiger charge is 2.27. The van der Waals surface area contributed by atoms with Gasteiger partial charge in [0.1, 0.15) is 11.0 Å². The minimum Gasteiger partial charge on any atom is -0.379 e. The summed E-state index contributed by atoms with van der Waals surface area (Å²) in [4.78, 5) is 10.2. The summed E-state index contributed by atoms with van der Waals surface area (Å²) in [5, 5.41) is 0.375. The van der Waals surface area contributed by atoms with Crippen molar-refractivity contribution < 1.29 is 4.74 Å². The molecule has 5 nitrogen and oxygen atoms in total. The van der Waals surface area contributed by atoms with E-state index in [1.165, 1.54) is 0 Å². The summed E-state index contributed by atoms with van der Waals surface area (Å²) in [6.45, 7) is 3.95. The van der Waals surface area contributed by atoms with Crippen LogP contribution in [0.15, 0.2) is 6.07 Å². The zero-order valence-electron chi connectivity index (χ0n) is 10.1. The van der Waals surface area contributed by atoms with Gasteiger partial charge in [-0.3, -0.25) is 0 Å². The third-order valence-corrected chi connectivity index (χ3v) is 3.41. The van der Waals surface area contributed by atoms with Crippen molar-refractivity contribution in [2.24, 2.45) is 5.92 Å². The van der Waals surface area contributed by atoms with Crippen molar-refractivity contribution in [2.75, 3.05) is 30.8 Å². The monoisotopic (exact) mass is 256 g/mol. The first-order valence-electron chi connectivity index (χ1n) is 5.68. The van der Waals surface area contributed by atoms with E-state index in [0.717, 1.165) is 25.3 Å². The number of halogens is 1. The van der Waals surface area contributed by atoms with E-state index in [0.29, 0.717) is 11.1 Å². The van der Waals surface area contributed by atoms with Crippen molar-refractivity contribution in [3.63, 3.8) is 0 Å². The number of piperidine rings is 1. The number of methoxy groups -OCH3 is 1. The van der Waals surface area contributed by atoms with Gasteiger partial charge < -0.3 is 15.4 Å². The topological polar surface area (TPSA) is 64.3 Å². The molecule has 1 fully saturated rings. The Balaban J connectivity index is 2.17. The van der Waals surface area contributed by atoms with Gasteiger partial charge in [-0.15, -0.1) is 0 Å². The lowest BCUT2D eigenvalue weighted by Gasteiger charge is -2.36. The summed E-state index contributed by atoms with van der Waals surface area (Å²) in [6.07, 6.45) is 1.29. The number of rotatable bonds is 2. The molecule has 0 bridgehead atoms. The summed E-state index contributed by atoms with van der Waals surface area (Å²) in [6, 6.07) is 1.74. The van der Waals surface area contributed by atoms with E-state index in [1.807, 2.05) is 0 Å². The minimum absolute atomic E-state index is 0.208. The van der Waals surface area contributed by atoms with Crippen LogP contribution in [0.25, 0.3) is 0 Å². The van der Waals surface area contributed by atoms with E-state index in [1.54, 1.807) is 13.2 Å². The molecular formula is C11H17ClN4O. The van der Waals surface area contributed by atoms with E-state index in [2.05, 4.69) is 21.8 Å². The van der Waals surface area contributed by atoms with Gasteiger partial charge in [-0.1, -0.05) is 18.5 Å². The Morgan fingerprint density at radius 2 is 2.29 bits per heavy atom. The molecule has 17 heavy (non-hydrogen) atoms. The van der Waals surface area contributed by atoms with Crippen LogP contribution in [0.1, 0.15) is 13.3 Å². The molecule has 1 saturated heterocycles. The van der Waals surface area contributed by atoms with Gasteiger partial charge in [0.25, 0.3) is 0 Å². The number of anilines is 2. The molecule has 1 aromatic rings. The van der Waals surface area contributed by atoms with Crippen LogP contribution in [0.2, 0.25) is 5.15 Å². The fourth-order valence-electron chi connectivity index (χ4n) is 2.13. The maximum Gasteiger partial charge on any atom is 0.223 e. The van der Waals surface area contributed by atoms with Crippen molar-refractivity contribution >= 4 is 23.4 Å². The summed E-state index contributed by atoms with van der Waals surface area (Å²) in [7, 11) is 1.74. The molecule has 0 spiro atoms. The first-order valence-corrected chi connectivity index (χ1v) is 6.05. The number of ether oxygens (including phenoxy) is 1. The van der Waals surface area contributed by atoms with Crippen LogP contribution in [0.4, 0.5) is 11.8 Å². The first-order chi connectivity index (χ1) is 8.10. The number of aromatic nitrogens is 2. The van der Waals surface area contributed by atoms with Crippen LogP contribution in [0.3, 0.4) is 0 Å². The Kier molecular flexibility index (Phi) is 3.69. The maximum atomic E-state index is 5.88. The molecule has 0 radical (unpaired) electrons. The summed E-state index contributed by atoms with van der Waals surface area (Å²) in [5.74, 6) is 1.54. The molecule has 0 aromatic carbocycles. The molecule has 94 valence electrons. The molecule has 1 aliphatic rings. The van der Waals surface area contributed by atoms with Crippen molar-refractivity contribution in [3.05, 3.63) is 11.2 Å². The van der Waals surface area contributed by atoms with E-state index in [-0.39, 0.29) is 12.1 Å². The van der Waals surface area contributed by atoms with Gasteiger partial charge >= 0.3 is 0 Å². The van der Waals surface area contributed by atoms with Crippen LogP contribution >= 0.6 is 11.6 Å². The van der Waals surface area contributed by atoms with Gasteiger partial charge in [-0.2, -0.15) is 4.98 Å². The molecule has 2 N–H and O–H groups in total. The maximum absolute atomic E-state index is 5.88. The average Bonchev–Trinajstić information content (AvgIpc) is 2.28. The number of nitrogens with zero attached hydrogens (tertiary/aromatic N) is 3. The SMILES string of the molecule is COC1CN(c2cc(Cl)nc(N)n2)CCC1C. The second-order valence-corrected chi connectivity index (χ2v) is 4.78. The summed E-state index contributed by atoms with van der Waals surface area (Å²) in [5.41, 5.74) is 5.60. The predicted molar refractivity (Wildman–Crippen MR) is 68.2 cm³/mol. The third-order valence-electron chi connectivity index (χ3n) is 3.21. The second-order valence-electron chi connectivity index (χ2n) is 4.39. The zero-order valence-corrected chi connectivity index (χ0v) is 10.8. The Labute approximate surface area is 106 Å². The Bertz CT molecular complexity index is 381. The van der Waals surface area contributed by atoms with Gasteiger partial charge in [0, 0.05) is 26.3 Å². The van der Waals surface area contributed by atoms with Crippen LogP contribution in [0, 0.1) is 5.92 Å². The average molecular weight is 257 g/mol. The highest BCUT2D eigenvalue weighted by molar-refractivity contribution is 6.29. The lowest BCUT2D eigenvalue weighted by molar-refractivity contribution is 0.0496. The first kappa shape index (κ1) is 12.4. The normalized spacial score (nSPS) is 25.0. The van der Waals surface area contributed by atoms with Gasteiger partial charge in [0.2, 0.25) is 5.95 Å². The van der Waals surface area contributed by atoms with Crippen LogP contribution in [0.5, 0.6) is 0 Å². The Hall–Kier alpha value is -1.07. The van der Waals surface area contributed by atoms with Crippen molar-refractivity contribution in [1.82, 2.24) is 9.97 Å². The largest absolute Gasteiger partial charge is 0.379 e. The third kappa shape index (κ3) is 2.79. The molecular weight excluding hydrogens is 240 g/mol. The number of nitrogen functional groups attached to an aromatic ring is 1. The lowest BCUT2D eigenvalue weighted by Crippen LogP contribution is -2.44.